The molecule has 0 spiro atoms. The summed E-state index contributed by atoms with van der Waals surface area (Å²) in [6.45, 7) is 3.79. The molecule has 0 radical (unpaired) electrons. The molecule has 5 heteroatoms. The number of ketones is 1. The summed E-state index contributed by atoms with van der Waals surface area (Å²) < 4.78 is 5.91. The Morgan fingerprint density at radius 1 is 1.35 bits per heavy atom. The zero-order chi connectivity index (χ0) is 18.1. The monoisotopic (exact) mass is 350 g/mol. The van der Waals surface area contributed by atoms with Crippen LogP contribution in [0.2, 0.25) is 0 Å². The van der Waals surface area contributed by atoms with E-state index in [1.54, 1.807) is 30.6 Å². The molecule has 1 aromatic carbocycles. The number of allylic oxidation sites excluding steroid dienone is 1. The maximum absolute atomic E-state index is 12.7. The summed E-state index contributed by atoms with van der Waals surface area (Å²) in [7, 11) is 0. The van der Waals surface area contributed by atoms with Gasteiger partial charge in [-0.15, -0.1) is 0 Å². The van der Waals surface area contributed by atoms with Crippen LogP contribution in [0.5, 0.6) is 11.5 Å². The number of phenols is 1. The molecule has 0 saturated carbocycles. The molecule has 4 rings (SSSR count). The van der Waals surface area contributed by atoms with E-state index in [-0.39, 0.29) is 17.3 Å². The molecule has 5 nitrogen and oxygen atoms in total. The first-order valence-electron chi connectivity index (χ1n) is 9.06. The summed E-state index contributed by atoms with van der Waals surface area (Å²) >= 11 is 0. The minimum atomic E-state index is -0.156. The zero-order valence-electron chi connectivity index (χ0n) is 14.8. The average molecular weight is 350 g/mol. The van der Waals surface area contributed by atoms with E-state index in [0.717, 1.165) is 24.9 Å². The Balaban J connectivity index is 1.66. The second kappa shape index (κ2) is 6.92. The number of piperidine rings is 1. The standard InChI is InChI=1S/C21H22N2O3/c1-14-5-2-3-10-23(14)13-17-18(24)8-7-16-20(25)19(26-21(16)17)11-15-6-4-9-22-12-15/h4,6-9,11-12,14,24H,2-3,5,10,13H2,1H3/t14-/m1/s1. The van der Waals surface area contributed by atoms with Gasteiger partial charge in [0.2, 0.25) is 5.78 Å². The van der Waals surface area contributed by atoms with Crippen molar-refractivity contribution in [1.29, 1.82) is 0 Å². The van der Waals surface area contributed by atoms with Crippen LogP contribution in [-0.4, -0.2) is 33.4 Å². The number of hydrogen-bond donors (Lipinski definition) is 1. The molecule has 1 aromatic heterocycles. The summed E-state index contributed by atoms with van der Waals surface area (Å²) in [5.41, 5.74) is 2.01. The molecular weight excluding hydrogens is 328 g/mol. The van der Waals surface area contributed by atoms with Gasteiger partial charge < -0.3 is 9.84 Å². The Morgan fingerprint density at radius 2 is 2.23 bits per heavy atom. The fourth-order valence-corrected chi connectivity index (χ4v) is 3.66. The van der Waals surface area contributed by atoms with Crippen molar-refractivity contribution >= 4 is 11.9 Å². The van der Waals surface area contributed by atoms with Gasteiger partial charge in [-0.05, 0) is 56.1 Å². The summed E-state index contributed by atoms with van der Waals surface area (Å²) in [6, 6.07) is 7.38. The van der Waals surface area contributed by atoms with Crippen LogP contribution < -0.4 is 4.74 Å². The molecule has 1 saturated heterocycles. The van der Waals surface area contributed by atoms with Gasteiger partial charge in [-0.2, -0.15) is 0 Å². The molecule has 0 amide bonds. The lowest BCUT2D eigenvalue weighted by molar-refractivity contribution is 0.101. The Kier molecular flexibility index (Phi) is 4.47. The number of hydrogen-bond acceptors (Lipinski definition) is 5. The maximum Gasteiger partial charge on any atom is 0.231 e. The first-order valence-corrected chi connectivity index (χ1v) is 9.06. The van der Waals surface area contributed by atoms with E-state index in [0.29, 0.717) is 29.5 Å². The van der Waals surface area contributed by atoms with E-state index in [1.807, 2.05) is 12.1 Å². The first kappa shape index (κ1) is 16.8. The first-order chi connectivity index (χ1) is 12.6. The number of benzene rings is 1. The average Bonchev–Trinajstić information content (AvgIpc) is 2.96. The number of ether oxygens (including phenoxy) is 1. The number of Topliss-reactive ketones (excluding diaryl/α,β-unsaturated/α-hetero) is 1. The molecule has 2 aliphatic rings. The predicted octanol–water partition coefficient (Wildman–Crippen LogP) is 3.78. The molecule has 1 N–H and O–H groups in total. The van der Waals surface area contributed by atoms with Crippen molar-refractivity contribution in [3.63, 3.8) is 0 Å². The SMILES string of the molecule is C[C@@H]1CCCCN1Cc1c(O)ccc2c1OC(=Cc1cccnc1)C2=O. The number of pyridine rings is 1. The third-order valence-electron chi connectivity index (χ3n) is 5.20. The van der Waals surface area contributed by atoms with Crippen molar-refractivity contribution < 1.29 is 14.6 Å². The largest absolute Gasteiger partial charge is 0.507 e. The third-order valence-corrected chi connectivity index (χ3v) is 5.20. The molecule has 3 heterocycles. The van der Waals surface area contributed by atoms with Gasteiger partial charge in [0.25, 0.3) is 0 Å². The number of carbonyl (C=O) groups excluding carboxylic acids is 1. The highest BCUT2D eigenvalue weighted by atomic mass is 16.5. The number of phenolic OH excluding ortho intramolecular Hbond substituents is 1. The van der Waals surface area contributed by atoms with Crippen molar-refractivity contribution in [2.24, 2.45) is 0 Å². The summed E-state index contributed by atoms with van der Waals surface area (Å²) in [6.07, 6.45) is 8.61. The molecule has 2 aliphatic heterocycles. The van der Waals surface area contributed by atoms with Crippen LogP contribution in [-0.2, 0) is 6.54 Å². The zero-order valence-corrected chi connectivity index (χ0v) is 14.8. The quantitative estimate of drug-likeness (QED) is 0.854. The molecule has 1 atom stereocenters. The predicted molar refractivity (Wildman–Crippen MR) is 99.0 cm³/mol. The third kappa shape index (κ3) is 3.10. The molecule has 0 aliphatic carbocycles. The maximum atomic E-state index is 12.7. The van der Waals surface area contributed by atoms with Gasteiger partial charge in [-0.3, -0.25) is 14.7 Å². The van der Waals surface area contributed by atoms with Gasteiger partial charge in [0.1, 0.15) is 11.5 Å². The van der Waals surface area contributed by atoms with Gasteiger partial charge in [-0.1, -0.05) is 12.5 Å². The lowest BCUT2D eigenvalue weighted by Crippen LogP contribution is -2.36. The van der Waals surface area contributed by atoms with Crippen molar-refractivity contribution in [2.75, 3.05) is 6.54 Å². The number of likely N-dealkylation sites (tertiary alicyclic amines) is 1. The van der Waals surface area contributed by atoms with Crippen LogP contribution in [0.1, 0.15) is 47.7 Å². The van der Waals surface area contributed by atoms with Crippen LogP contribution in [0.3, 0.4) is 0 Å². The number of aromatic nitrogens is 1. The van der Waals surface area contributed by atoms with Crippen LogP contribution in [0, 0.1) is 0 Å². The van der Waals surface area contributed by atoms with E-state index in [1.165, 1.54) is 6.42 Å². The molecule has 1 fully saturated rings. The number of aromatic hydroxyl groups is 1. The molecule has 26 heavy (non-hydrogen) atoms. The lowest BCUT2D eigenvalue weighted by atomic mass is 10.0. The molecule has 2 aromatic rings. The number of rotatable bonds is 3. The number of carbonyl (C=O) groups is 1. The number of fused-ring (bicyclic) bond motifs is 1. The Labute approximate surface area is 152 Å². The molecule has 0 unspecified atom stereocenters. The fourth-order valence-electron chi connectivity index (χ4n) is 3.66. The van der Waals surface area contributed by atoms with Gasteiger partial charge >= 0.3 is 0 Å². The highest BCUT2D eigenvalue weighted by molar-refractivity contribution is 6.14. The molecular formula is C21H22N2O3. The molecule has 134 valence electrons. The van der Waals surface area contributed by atoms with Gasteiger partial charge in [-0.25, -0.2) is 0 Å². The minimum absolute atomic E-state index is 0.156. The van der Waals surface area contributed by atoms with E-state index >= 15 is 0 Å². The van der Waals surface area contributed by atoms with Crippen LogP contribution in [0.15, 0.2) is 42.4 Å². The highest BCUT2D eigenvalue weighted by Crippen LogP contribution is 2.40. The topological polar surface area (TPSA) is 62.7 Å². The van der Waals surface area contributed by atoms with Crippen molar-refractivity contribution in [2.45, 2.75) is 38.8 Å². The summed E-state index contributed by atoms with van der Waals surface area (Å²) in [5, 5.41) is 10.4. The van der Waals surface area contributed by atoms with Gasteiger partial charge in [0, 0.05) is 25.0 Å². The van der Waals surface area contributed by atoms with E-state index in [9.17, 15) is 9.90 Å². The Bertz CT molecular complexity index is 861. The van der Waals surface area contributed by atoms with E-state index in [4.69, 9.17) is 4.74 Å². The Hall–Kier alpha value is -2.66. The van der Waals surface area contributed by atoms with Crippen molar-refractivity contribution in [3.8, 4) is 11.5 Å². The van der Waals surface area contributed by atoms with Gasteiger partial charge in [0.15, 0.2) is 5.76 Å². The second-order valence-corrected chi connectivity index (χ2v) is 6.98. The second-order valence-electron chi connectivity index (χ2n) is 6.98. The lowest BCUT2D eigenvalue weighted by Gasteiger charge is -2.33. The van der Waals surface area contributed by atoms with E-state index in [2.05, 4.69) is 16.8 Å². The van der Waals surface area contributed by atoms with Crippen LogP contribution in [0.4, 0.5) is 0 Å². The number of nitrogens with zero attached hydrogens (tertiary/aromatic N) is 2. The van der Waals surface area contributed by atoms with Crippen LogP contribution >= 0.6 is 0 Å². The van der Waals surface area contributed by atoms with E-state index < -0.39 is 0 Å². The van der Waals surface area contributed by atoms with Crippen LogP contribution in [0.25, 0.3) is 6.08 Å². The van der Waals surface area contributed by atoms with Crippen molar-refractivity contribution in [1.82, 2.24) is 9.88 Å². The highest BCUT2D eigenvalue weighted by Gasteiger charge is 2.32. The van der Waals surface area contributed by atoms with Crippen molar-refractivity contribution in [3.05, 3.63) is 59.1 Å². The van der Waals surface area contributed by atoms with Gasteiger partial charge in [0.05, 0.1) is 11.1 Å². The molecule has 0 bridgehead atoms. The summed E-state index contributed by atoms with van der Waals surface area (Å²) in [4.78, 5) is 19.1. The fraction of sp³-hybridized carbons (Fsp3) is 0.333. The smallest absolute Gasteiger partial charge is 0.231 e. The summed E-state index contributed by atoms with van der Waals surface area (Å²) in [5.74, 6) is 0.781. The Morgan fingerprint density at radius 3 is 3.00 bits per heavy atom. The normalized spacial score (nSPS) is 21.7. The minimum Gasteiger partial charge on any atom is -0.507 e.